The van der Waals surface area contributed by atoms with Gasteiger partial charge in [-0.3, -0.25) is 20.0 Å². The largest absolute Gasteiger partial charge is 0.379 e. The molecule has 0 spiro atoms. The first-order valence-corrected chi connectivity index (χ1v) is 9.14. The molecule has 0 bridgehead atoms. The van der Waals surface area contributed by atoms with Crippen LogP contribution in [0.25, 0.3) is 16.3 Å². The molecule has 0 saturated carbocycles. The molecule has 0 radical (unpaired) electrons. The van der Waals surface area contributed by atoms with Crippen LogP contribution in [0.1, 0.15) is 5.56 Å². The standard InChI is InChI=1S/C17H19N5O2S/c23-16-14(9-12-1-2-13-15(10-12)25-11-19-13)20-17(21-16)18-3-4-22-5-7-24-8-6-22/h1-2,9-11H,3-8H2,(H2,18,20,21,23). The zero-order chi connectivity index (χ0) is 17.1. The van der Waals surface area contributed by atoms with Crippen LogP contribution in [-0.4, -0.2) is 61.1 Å². The fraction of sp³-hybridized carbons (Fsp3) is 0.353. The van der Waals surface area contributed by atoms with Gasteiger partial charge >= 0.3 is 0 Å². The van der Waals surface area contributed by atoms with Crippen LogP contribution >= 0.6 is 11.3 Å². The number of nitrogens with one attached hydrogen (secondary N) is 2. The first-order valence-electron chi connectivity index (χ1n) is 8.26. The third-order valence-corrected chi connectivity index (χ3v) is 4.98. The van der Waals surface area contributed by atoms with Crippen molar-refractivity contribution in [1.29, 1.82) is 0 Å². The third-order valence-electron chi connectivity index (χ3n) is 4.19. The molecule has 0 aliphatic carbocycles. The van der Waals surface area contributed by atoms with Crippen molar-refractivity contribution in [3.8, 4) is 0 Å². The van der Waals surface area contributed by atoms with E-state index in [0.29, 0.717) is 18.2 Å². The molecular formula is C17H19N5O2S. The zero-order valence-corrected chi connectivity index (χ0v) is 14.5. The van der Waals surface area contributed by atoms with Crippen LogP contribution in [0.2, 0.25) is 0 Å². The molecule has 8 heteroatoms. The van der Waals surface area contributed by atoms with E-state index in [-0.39, 0.29) is 5.91 Å². The Bertz CT molecular complexity index is 838. The normalized spacial score (nSPS) is 21.8. The Morgan fingerprint density at radius 1 is 1.32 bits per heavy atom. The molecule has 7 nitrogen and oxygen atoms in total. The Hall–Kier alpha value is -2.29. The molecule has 2 N–H and O–H groups in total. The van der Waals surface area contributed by atoms with Crippen molar-refractivity contribution < 1.29 is 9.53 Å². The van der Waals surface area contributed by atoms with Gasteiger partial charge in [0.25, 0.3) is 5.91 Å². The average molecular weight is 357 g/mol. The van der Waals surface area contributed by atoms with E-state index in [1.54, 1.807) is 11.3 Å². The quantitative estimate of drug-likeness (QED) is 0.800. The number of ether oxygens (including phenoxy) is 1. The van der Waals surface area contributed by atoms with Gasteiger partial charge < -0.3 is 10.1 Å². The van der Waals surface area contributed by atoms with Gasteiger partial charge in [-0.15, -0.1) is 11.3 Å². The van der Waals surface area contributed by atoms with E-state index in [4.69, 9.17) is 4.74 Å². The van der Waals surface area contributed by atoms with Gasteiger partial charge in [-0.2, -0.15) is 0 Å². The highest BCUT2D eigenvalue weighted by Gasteiger charge is 2.21. The number of rotatable bonds is 4. The molecule has 0 atom stereocenters. The van der Waals surface area contributed by atoms with Crippen molar-refractivity contribution in [3.05, 3.63) is 35.0 Å². The number of carbonyl (C=O) groups is 1. The number of thiazole rings is 1. The minimum atomic E-state index is -0.158. The third kappa shape index (κ3) is 3.87. The van der Waals surface area contributed by atoms with Gasteiger partial charge in [-0.25, -0.2) is 4.98 Å². The Kier molecular flexibility index (Phi) is 4.73. The van der Waals surface area contributed by atoms with E-state index < -0.39 is 0 Å². The Morgan fingerprint density at radius 2 is 2.20 bits per heavy atom. The SMILES string of the molecule is O=C1NC(=NCCN2CCOCC2)NC1=Cc1ccc2ncsc2c1. The van der Waals surface area contributed by atoms with Crippen LogP contribution in [0.4, 0.5) is 0 Å². The molecule has 4 rings (SSSR count). The van der Waals surface area contributed by atoms with E-state index in [1.165, 1.54) is 0 Å². The highest BCUT2D eigenvalue weighted by molar-refractivity contribution is 7.16. The second kappa shape index (κ2) is 7.30. The molecule has 25 heavy (non-hydrogen) atoms. The number of carbonyl (C=O) groups excluding carboxylic acids is 1. The summed E-state index contributed by atoms with van der Waals surface area (Å²) in [6, 6.07) is 5.95. The summed E-state index contributed by atoms with van der Waals surface area (Å²) in [5, 5.41) is 5.84. The summed E-state index contributed by atoms with van der Waals surface area (Å²) in [6.07, 6.45) is 1.83. The van der Waals surface area contributed by atoms with Crippen molar-refractivity contribution in [1.82, 2.24) is 20.5 Å². The highest BCUT2D eigenvalue weighted by Crippen LogP contribution is 2.20. The molecule has 2 fully saturated rings. The number of nitrogens with zero attached hydrogens (tertiary/aromatic N) is 3. The number of benzene rings is 1. The van der Waals surface area contributed by atoms with Crippen molar-refractivity contribution >= 4 is 39.5 Å². The summed E-state index contributed by atoms with van der Waals surface area (Å²) in [5.74, 6) is 0.359. The maximum Gasteiger partial charge on any atom is 0.274 e. The first kappa shape index (κ1) is 16.2. The van der Waals surface area contributed by atoms with E-state index in [2.05, 4.69) is 25.5 Å². The highest BCUT2D eigenvalue weighted by atomic mass is 32.1. The first-order chi connectivity index (χ1) is 12.3. The summed E-state index contributed by atoms with van der Waals surface area (Å²) in [7, 11) is 0. The fourth-order valence-corrected chi connectivity index (χ4v) is 3.55. The molecular weight excluding hydrogens is 338 g/mol. The van der Waals surface area contributed by atoms with E-state index in [9.17, 15) is 4.79 Å². The lowest BCUT2D eigenvalue weighted by molar-refractivity contribution is -0.115. The number of aliphatic imine (C=N–C) groups is 1. The van der Waals surface area contributed by atoms with E-state index in [0.717, 1.165) is 48.6 Å². The molecule has 0 unspecified atom stereocenters. The van der Waals surface area contributed by atoms with Crippen LogP contribution in [0.15, 0.2) is 34.4 Å². The topological polar surface area (TPSA) is 78.9 Å². The lowest BCUT2D eigenvalue weighted by Crippen LogP contribution is -2.38. The van der Waals surface area contributed by atoms with Crippen LogP contribution < -0.4 is 10.6 Å². The number of amides is 1. The molecule has 1 aromatic carbocycles. The molecule has 2 saturated heterocycles. The minimum Gasteiger partial charge on any atom is -0.379 e. The van der Waals surface area contributed by atoms with Gasteiger partial charge in [0.05, 0.1) is 35.5 Å². The Labute approximate surface area is 149 Å². The van der Waals surface area contributed by atoms with Crippen LogP contribution in [0.3, 0.4) is 0 Å². The molecule has 1 amide bonds. The number of guanidine groups is 1. The lowest BCUT2D eigenvalue weighted by Gasteiger charge is -2.25. The molecule has 1 aromatic heterocycles. The van der Waals surface area contributed by atoms with Crippen LogP contribution in [0.5, 0.6) is 0 Å². The van der Waals surface area contributed by atoms with E-state index >= 15 is 0 Å². The number of fused-ring (bicyclic) bond motifs is 1. The fourth-order valence-electron chi connectivity index (χ4n) is 2.83. The minimum absolute atomic E-state index is 0.158. The van der Waals surface area contributed by atoms with Crippen molar-refractivity contribution in [2.75, 3.05) is 39.4 Å². The summed E-state index contributed by atoms with van der Waals surface area (Å²) >= 11 is 1.59. The van der Waals surface area contributed by atoms with Crippen molar-refractivity contribution in [2.45, 2.75) is 0 Å². The van der Waals surface area contributed by atoms with E-state index in [1.807, 2.05) is 29.8 Å². The second-order valence-corrected chi connectivity index (χ2v) is 6.79. The summed E-state index contributed by atoms with van der Waals surface area (Å²) in [4.78, 5) is 23.1. The Balaban J connectivity index is 1.39. The summed E-state index contributed by atoms with van der Waals surface area (Å²) in [5.41, 5.74) is 4.26. The molecule has 2 aromatic rings. The summed E-state index contributed by atoms with van der Waals surface area (Å²) < 4.78 is 6.43. The van der Waals surface area contributed by atoms with Crippen LogP contribution in [0, 0.1) is 0 Å². The predicted octanol–water partition coefficient (Wildman–Crippen LogP) is 1.04. The molecule has 2 aliphatic rings. The monoisotopic (exact) mass is 357 g/mol. The van der Waals surface area contributed by atoms with Gasteiger partial charge in [0.2, 0.25) is 5.96 Å². The lowest BCUT2D eigenvalue weighted by atomic mass is 10.2. The van der Waals surface area contributed by atoms with Gasteiger partial charge in [-0.1, -0.05) is 6.07 Å². The van der Waals surface area contributed by atoms with Gasteiger partial charge in [0, 0.05) is 19.6 Å². The van der Waals surface area contributed by atoms with Gasteiger partial charge in [-0.05, 0) is 23.8 Å². The smallest absolute Gasteiger partial charge is 0.274 e. The number of aromatic nitrogens is 1. The van der Waals surface area contributed by atoms with Gasteiger partial charge in [0.15, 0.2) is 0 Å². The second-order valence-electron chi connectivity index (χ2n) is 5.90. The average Bonchev–Trinajstić information content (AvgIpc) is 3.22. The molecule has 2 aliphatic heterocycles. The van der Waals surface area contributed by atoms with Crippen LogP contribution in [-0.2, 0) is 9.53 Å². The van der Waals surface area contributed by atoms with Crippen molar-refractivity contribution in [2.24, 2.45) is 4.99 Å². The van der Waals surface area contributed by atoms with Crippen molar-refractivity contribution in [3.63, 3.8) is 0 Å². The summed E-state index contributed by atoms with van der Waals surface area (Å²) in [6.45, 7) is 4.95. The molecule has 3 heterocycles. The zero-order valence-electron chi connectivity index (χ0n) is 13.7. The Morgan fingerprint density at radius 3 is 3.08 bits per heavy atom. The maximum absolute atomic E-state index is 12.1. The maximum atomic E-state index is 12.1. The molecule has 130 valence electrons. The number of hydrogen-bond acceptors (Lipinski definition) is 6. The van der Waals surface area contributed by atoms with Gasteiger partial charge in [0.1, 0.15) is 5.70 Å². The predicted molar refractivity (Wildman–Crippen MR) is 98.4 cm³/mol. The number of morpholine rings is 1. The number of hydrogen-bond donors (Lipinski definition) is 2.